The molecule has 0 unspecified atom stereocenters. The zero-order valence-corrected chi connectivity index (χ0v) is 20.0. The van der Waals surface area contributed by atoms with Crippen molar-refractivity contribution in [1.29, 1.82) is 0 Å². The highest BCUT2D eigenvalue weighted by molar-refractivity contribution is 7.91. The first-order valence-corrected chi connectivity index (χ1v) is 13.4. The van der Waals surface area contributed by atoms with Crippen LogP contribution in [0.2, 0.25) is 0 Å². The van der Waals surface area contributed by atoms with E-state index in [1.807, 2.05) is 48.9 Å². The molecule has 0 radical (unpaired) electrons. The van der Waals surface area contributed by atoms with Crippen molar-refractivity contribution in [1.82, 2.24) is 29.6 Å². The maximum atomic E-state index is 13.4. The van der Waals surface area contributed by atoms with Crippen LogP contribution in [0.25, 0.3) is 22.1 Å². The Morgan fingerprint density at radius 2 is 1.97 bits per heavy atom. The maximum absolute atomic E-state index is 13.4. The van der Waals surface area contributed by atoms with E-state index in [4.69, 9.17) is 4.98 Å². The number of imidazole rings is 1. The molecule has 2 fully saturated rings. The van der Waals surface area contributed by atoms with E-state index in [2.05, 4.69) is 15.4 Å². The topological polar surface area (TPSA) is 112 Å². The number of aromatic nitrogens is 5. The first-order chi connectivity index (χ1) is 16.3. The van der Waals surface area contributed by atoms with Crippen LogP contribution in [-0.4, -0.2) is 50.1 Å². The molecule has 176 valence electrons. The summed E-state index contributed by atoms with van der Waals surface area (Å²) < 4.78 is 27.9. The number of sulfone groups is 1. The van der Waals surface area contributed by atoms with Gasteiger partial charge in [0.05, 0.1) is 51.8 Å². The molecule has 3 aromatic heterocycles. The Hall–Kier alpha value is -3.27. The van der Waals surface area contributed by atoms with Crippen LogP contribution < -0.4 is 5.32 Å². The average molecular weight is 479 g/mol. The second kappa shape index (κ2) is 7.63. The van der Waals surface area contributed by atoms with Gasteiger partial charge in [0.25, 0.3) is 5.91 Å². The van der Waals surface area contributed by atoms with Crippen LogP contribution in [0.15, 0.2) is 30.3 Å². The Kier molecular flexibility index (Phi) is 4.77. The molecule has 9 nitrogen and oxygen atoms in total. The van der Waals surface area contributed by atoms with Crippen molar-refractivity contribution >= 4 is 37.8 Å². The normalized spacial score (nSPS) is 19.8. The van der Waals surface area contributed by atoms with E-state index in [-0.39, 0.29) is 23.5 Å². The third kappa shape index (κ3) is 3.56. The fourth-order valence-electron chi connectivity index (χ4n) is 4.93. The van der Waals surface area contributed by atoms with Gasteiger partial charge in [-0.3, -0.25) is 4.79 Å². The molecule has 1 saturated carbocycles. The minimum absolute atomic E-state index is 0.0623. The summed E-state index contributed by atoms with van der Waals surface area (Å²) in [6.45, 7) is 2.14. The molecule has 10 heteroatoms. The van der Waals surface area contributed by atoms with Crippen LogP contribution in [0.1, 0.15) is 58.8 Å². The number of carbonyl (C=O) groups is 1. The molecule has 0 spiro atoms. The number of rotatable bonds is 5. The van der Waals surface area contributed by atoms with Crippen molar-refractivity contribution in [3.8, 4) is 0 Å². The Balaban J connectivity index is 1.37. The second-order valence-electron chi connectivity index (χ2n) is 9.41. The summed E-state index contributed by atoms with van der Waals surface area (Å²) in [5.74, 6) is 1.12. The van der Waals surface area contributed by atoms with Gasteiger partial charge in [-0.2, -0.15) is 5.10 Å². The van der Waals surface area contributed by atoms with Gasteiger partial charge in [-0.15, -0.1) is 0 Å². The van der Waals surface area contributed by atoms with Gasteiger partial charge in [-0.1, -0.05) is 12.1 Å². The van der Waals surface area contributed by atoms with E-state index < -0.39 is 9.84 Å². The molecule has 4 heterocycles. The minimum Gasteiger partial charge on any atom is -0.345 e. The van der Waals surface area contributed by atoms with Gasteiger partial charge in [-0.25, -0.2) is 23.1 Å². The van der Waals surface area contributed by atoms with Crippen LogP contribution in [0, 0.1) is 6.92 Å². The maximum Gasteiger partial charge on any atom is 0.252 e. The van der Waals surface area contributed by atoms with Crippen LogP contribution in [-0.2, 0) is 23.4 Å². The first-order valence-electron chi connectivity index (χ1n) is 11.6. The lowest BCUT2D eigenvalue weighted by Gasteiger charge is -2.12. The largest absolute Gasteiger partial charge is 0.345 e. The molecule has 4 aromatic rings. The molecule has 1 aliphatic carbocycles. The summed E-state index contributed by atoms with van der Waals surface area (Å²) in [6, 6.07) is 9.50. The molecular weight excluding hydrogens is 452 g/mol. The molecule has 0 bridgehead atoms. The van der Waals surface area contributed by atoms with Crippen molar-refractivity contribution in [2.75, 3.05) is 11.5 Å². The molecule has 2 aliphatic rings. The summed E-state index contributed by atoms with van der Waals surface area (Å²) in [5.41, 5.74) is 4.61. The molecule has 1 amide bonds. The minimum atomic E-state index is -3.08. The number of nitrogens with zero attached hydrogens (tertiary/aromatic N) is 5. The van der Waals surface area contributed by atoms with Crippen LogP contribution in [0.5, 0.6) is 0 Å². The third-order valence-electron chi connectivity index (χ3n) is 6.94. The van der Waals surface area contributed by atoms with Crippen LogP contribution in [0.4, 0.5) is 0 Å². The highest BCUT2D eigenvalue weighted by Crippen LogP contribution is 2.41. The third-order valence-corrected chi connectivity index (χ3v) is 8.69. The standard InChI is InChI=1S/C24H26N6O3S/c1-14-22-17(24(31)25-12-21-26-18-5-3-4-6-20(18)29(21)2)11-19(15-7-8-15)27-23(22)30(28-14)16-9-10-34(32,33)13-16/h3-6,11,15-16H,7-10,12-13H2,1-2H3,(H,25,31)/t16-/m1/s1. The van der Waals surface area contributed by atoms with E-state index in [1.165, 1.54) is 0 Å². The number of benzene rings is 1. The molecule has 1 saturated heterocycles. The predicted molar refractivity (Wildman–Crippen MR) is 128 cm³/mol. The SMILES string of the molecule is Cc1nn([C@@H]2CCS(=O)(=O)C2)c2nc(C3CC3)cc(C(=O)NCc3nc4ccccc4n3C)c12. The van der Waals surface area contributed by atoms with Gasteiger partial charge in [0.1, 0.15) is 5.82 Å². The monoisotopic (exact) mass is 478 g/mol. The lowest BCUT2D eigenvalue weighted by Crippen LogP contribution is -2.25. The smallest absolute Gasteiger partial charge is 0.252 e. The quantitative estimate of drug-likeness (QED) is 0.472. The van der Waals surface area contributed by atoms with E-state index in [1.54, 1.807) is 4.68 Å². The van der Waals surface area contributed by atoms with E-state index >= 15 is 0 Å². The van der Waals surface area contributed by atoms with Gasteiger partial charge in [0.2, 0.25) is 0 Å². The molecule has 34 heavy (non-hydrogen) atoms. The number of aryl methyl sites for hydroxylation is 2. The summed E-state index contributed by atoms with van der Waals surface area (Å²) >= 11 is 0. The number of nitrogens with one attached hydrogen (secondary N) is 1. The number of hydrogen-bond donors (Lipinski definition) is 1. The van der Waals surface area contributed by atoms with E-state index in [0.29, 0.717) is 41.2 Å². The lowest BCUT2D eigenvalue weighted by atomic mass is 10.1. The fourth-order valence-corrected chi connectivity index (χ4v) is 6.62. The molecule has 1 aromatic carbocycles. The fraction of sp³-hybridized carbons (Fsp3) is 0.417. The predicted octanol–water partition coefficient (Wildman–Crippen LogP) is 2.79. The van der Waals surface area contributed by atoms with Crippen LogP contribution >= 0.6 is 0 Å². The van der Waals surface area contributed by atoms with Gasteiger partial charge in [0, 0.05) is 18.7 Å². The summed E-state index contributed by atoms with van der Waals surface area (Å²) in [6.07, 6.45) is 2.61. The van der Waals surface area contributed by atoms with Crippen molar-refractivity contribution < 1.29 is 13.2 Å². The van der Waals surface area contributed by atoms with E-state index in [9.17, 15) is 13.2 Å². The van der Waals surface area contributed by atoms with Crippen molar-refractivity contribution in [3.05, 3.63) is 53.1 Å². The van der Waals surface area contributed by atoms with Gasteiger partial charge in [-0.05, 0) is 44.4 Å². The molecular formula is C24H26N6O3S. The highest BCUT2D eigenvalue weighted by atomic mass is 32.2. The Labute approximate surface area is 197 Å². The molecule has 1 atom stereocenters. The number of pyridine rings is 1. The zero-order valence-electron chi connectivity index (χ0n) is 19.2. The number of carbonyl (C=O) groups excluding carboxylic acids is 1. The summed E-state index contributed by atoms with van der Waals surface area (Å²) in [4.78, 5) is 22.9. The number of para-hydroxylation sites is 2. The van der Waals surface area contributed by atoms with Crippen LogP contribution in [0.3, 0.4) is 0 Å². The lowest BCUT2D eigenvalue weighted by molar-refractivity contribution is 0.0951. The molecule has 1 N–H and O–H groups in total. The number of fused-ring (bicyclic) bond motifs is 2. The zero-order chi connectivity index (χ0) is 23.6. The summed E-state index contributed by atoms with van der Waals surface area (Å²) in [5, 5.41) is 8.38. The summed E-state index contributed by atoms with van der Waals surface area (Å²) in [7, 11) is -1.13. The molecule has 6 rings (SSSR count). The van der Waals surface area contributed by atoms with E-state index in [0.717, 1.165) is 35.4 Å². The Morgan fingerprint density at radius 1 is 1.18 bits per heavy atom. The number of hydrogen-bond acceptors (Lipinski definition) is 6. The molecule has 1 aliphatic heterocycles. The van der Waals surface area contributed by atoms with Crippen molar-refractivity contribution in [3.63, 3.8) is 0 Å². The second-order valence-corrected chi connectivity index (χ2v) is 11.6. The number of amides is 1. The van der Waals surface area contributed by atoms with Crippen molar-refractivity contribution in [2.45, 2.75) is 44.7 Å². The highest BCUT2D eigenvalue weighted by Gasteiger charge is 2.34. The van der Waals surface area contributed by atoms with Gasteiger partial charge in [0.15, 0.2) is 15.5 Å². The van der Waals surface area contributed by atoms with Crippen molar-refractivity contribution in [2.24, 2.45) is 7.05 Å². The first kappa shape index (κ1) is 21.3. The Bertz CT molecular complexity index is 1560. The van der Waals surface area contributed by atoms with Gasteiger partial charge < -0.3 is 9.88 Å². The van der Waals surface area contributed by atoms with Gasteiger partial charge >= 0.3 is 0 Å². The average Bonchev–Trinajstić information content (AvgIpc) is 3.44. The Morgan fingerprint density at radius 3 is 2.68 bits per heavy atom.